The fourth-order valence-electron chi connectivity index (χ4n) is 2.25. The number of hydrogen-bond acceptors (Lipinski definition) is 2. The van der Waals surface area contributed by atoms with Gasteiger partial charge in [-0.2, -0.15) is 0 Å². The highest BCUT2D eigenvalue weighted by atomic mass is 16.5. The zero-order valence-electron chi connectivity index (χ0n) is 14.8. The van der Waals surface area contributed by atoms with Gasteiger partial charge < -0.3 is 4.74 Å². The highest BCUT2D eigenvalue weighted by molar-refractivity contribution is 5.82. The smallest absolute Gasteiger partial charge is 0.120 e. The lowest BCUT2D eigenvalue weighted by atomic mass is 9.99. The van der Waals surface area contributed by atoms with Crippen molar-refractivity contribution in [2.24, 2.45) is 4.99 Å². The van der Waals surface area contributed by atoms with Gasteiger partial charge in [0.2, 0.25) is 0 Å². The molecule has 0 N–H and O–H groups in total. The highest BCUT2D eigenvalue weighted by Crippen LogP contribution is 2.22. The van der Waals surface area contributed by atoms with Crippen LogP contribution in [0.2, 0.25) is 0 Å². The second kappa shape index (κ2) is 7.45. The summed E-state index contributed by atoms with van der Waals surface area (Å²) in [6.07, 6.45) is 3.05. The van der Waals surface area contributed by atoms with Crippen LogP contribution < -0.4 is 4.74 Å². The Labute approximate surface area is 140 Å². The van der Waals surface area contributed by atoms with E-state index in [2.05, 4.69) is 43.1 Å². The van der Waals surface area contributed by atoms with Gasteiger partial charge in [-0.25, -0.2) is 0 Å². The summed E-state index contributed by atoms with van der Waals surface area (Å²) in [5.41, 5.74) is 3.24. The number of ether oxygens (including phenoxy) is 1. The molecule has 122 valence electrons. The normalized spacial score (nSPS) is 13.3. The minimum Gasteiger partial charge on any atom is -0.488 e. The first-order chi connectivity index (χ1) is 10.9. The van der Waals surface area contributed by atoms with E-state index in [1.54, 1.807) is 0 Å². The van der Waals surface area contributed by atoms with E-state index in [0.29, 0.717) is 5.92 Å². The summed E-state index contributed by atoms with van der Waals surface area (Å²) in [5.74, 6) is 1.48. The van der Waals surface area contributed by atoms with Crippen molar-refractivity contribution in [1.29, 1.82) is 0 Å². The van der Waals surface area contributed by atoms with E-state index >= 15 is 0 Å². The van der Waals surface area contributed by atoms with Crippen LogP contribution in [-0.2, 0) is 0 Å². The molecule has 0 fully saturated rings. The third kappa shape index (κ3) is 5.55. The molecule has 1 atom stereocenters. The van der Waals surface area contributed by atoms with Gasteiger partial charge in [-0.1, -0.05) is 26.0 Å². The molecule has 2 aromatic rings. The molecule has 0 heterocycles. The molecule has 2 aromatic carbocycles. The van der Waals surface area contributed by atoms with Gasteiger partial charge in [0.05, 0.1) is 5.69 Å². The minimum atomic E-state index is -0.174. The molecule has 0 aliphatic rings. The predicted octanol–water partition coefficient (Wildman–Crippen LogP) is 6.13. The average molecular weight is 309 g/mol. The summed E-state index contributed by atoms with van der Waals surface area (Å²) in [6.45, 7) is 10.6. The van der Waals surface area contributed by atoms with Crippen molar-refractivity contribution in [3.8, 4) is 5.75 Å². The second-order valence-corrected chi connectivity index (χ2v) is 6.94. The van der Waals surface area contributed by atoms with Gasteiger partial charge in [-0.05, 0) is 80.6 Å². The van der Waals surface area contributed by atoms with Gasteiger partial charge in [0, 0.05) is 6.21 Å². The van der Waals surface area contributed by atoms with Crippen molar-refractivity contribution in [3.63, 3.8) is 0 Å². The molecule has 0 spiro atoms. The van der Waals surface area contributed by atoms with E-state index in [4.69, 9.17) is 4.74 Å². The molecule has 0 radical (unpaired) electrons. The summed E-state index contributed by atoms with van der Waals surface area (Å²) in [7, 11) is 0. The maximum atomic E-state index is 5.82. The van der Waals surface area contributed by atoms with Crippen LogP contribution in [0.25, 0.3) is 0 Å². The van der Waals surface area contributed by atoms with E-state index in [1.165, 1.54) is 5.56 Å². The first-order valence-corrected chi connectivity index (χ1v) is 8.30. The zero-order chi connectivity index (χ0) is 16.9. The van der Waals surface area contributed by atoms with Crippen LogP contribution in [0.1, 0.15) is 58.1 Å². The van der Waals surface area contributed by atoms with Gasteiger partial charge in [0.1, 0.15) is 11.4 Å². The monoisotopic (exact) mass is 309 g/mol. The van der Waals surface area contributed by atoms with Crippen molar-refractivity contribution in [1.82, 2.24) is 0 Å². The number of nitrogens with zero attached hydrogens (tertiary/aromatic N) is 1. The molecular weight excluding hydrogens is 282 g/mol. The van der Waals surface area contributed by atoms with E-state index in [0.717, 1.165) is 23.4 Å². The van der Waals surface area contributed by atoms with Crippen LogP contribution in [-0.4, -0.2) is 11.8 Å². The van der Waals surface area contributed by atoms with Gasteiger partial charge in [0.25, 0.3) is 0 Å². The van der Waals surface area contributed by atoms with Gasteiger partial charge in [-0.15, -0.1) is 0 Å². The van der Waals surface area contributed by atoms with Crippen molar-refractivity contribution in [2.75, 3.05) is 0 Å². The Bertz CT molecular complexity index is 633. The molecule has 0 aliphatic carbocycles. The van der Waals surface area contributed by atoms with E-state index in [-0.39, 0.29) is 5.60 Å². The van der Waals surface area contributed by atoms with Crippen LogP contribution in [0.5, 0.6) is 5.75 Å². The van der Waals surface area contributed by atoms with Crippen molar-refractivity contribution in [3.05, 3.63) is 59.7 Å². The van der Waals surface area contributed by atoms with Crippen molar-refractivity contribution in [2.45, 2.75) is 52.6 Å². The first-order valence-electron chi connectivity index (χ1n) is 8.30. The SMILES string of the molecule is CCC(C)c1ccc(N=Cc2ccc(OC(C)(C)C)cc2)cc1. The topological polar surface area (TPSA) is 21.6 Å². The molecular formula is C21H27NO. The van der Waals surface area contributed by atoms with Crippen LogP contribution in [0.4, 0.5) is 5.69 Å². The molecule has 0 aromatic heterocycles. The Morgan fingerprint density at radius 3 is 2.13 bits per heavy atom. The number of benzene rings is 2. The third-order valence-electron chi connectivity index (χ3n) is 3.74. The molecule has 2 rings (SSSR count). The van der Waals surface area contributed by atoms with Crippen molar-refractivity contribution < 1.29 is 4.74 Å². The Kier molecular flexibility index (Phi) is 5.59. The molecule has 1 unspecified atom stereocenters. The largest absolute Gasteiger partial charge is 0.488 e. The summed E-state index contributed by atoms with van der Waals surface area (Å²) in [6, 6.07) is 16.5. The summed E-state index contributed by atoms with van der Waals surface area (Å²) < 4.78 is 5.82. The summed E-state index contributed by atoms with van der Waals surface area (Å²) in [4.78, 5) is 4.54. The Balaban J connectivity index is 2.02. The fourth-order valence-corrected chi connectivity index (χ4v) is 2.25. The Morgan fingerprint density at radius 2 is 1.61 bits per heavy atom. The summed E-state index contributed by atoms with van der Waals surface area (Å²) in [5, 5.41) is 0. The summed E-state index contributed by atoms with van der Waals surface area (Å²) >= 11 is 0. The van der Waals surface area contributed by atoms with E-state index < -0.39 is 0 Å². The third-order valence-corrected chi connectivity index (χ3v) is 3.74. The standard InChI is InChI=1S/C21H27NO/c1-6-16(2)18-9-11-19(12-10-18)22-15-17-7-13-20(14-8-17)23-21(3,4)5/h7-16H,6H2,1-5H3. The van der Waals surface area contributed by atoms with Gasteiger partial charge in [0.15, 0.2) is 0 Å². The van der Waals surface area contributed by atoms with Crippen LogP contribution >= 0.6 is 0 Å². The molecule has 0 amide bonds. The molecule has 23 heavy (non-hydrogen) atoms. The fraction of sp³-hybridized carbons (Fsp3) is 0.381. The number of hydrogen-bond donors (Lipinski definition) is 0. The lowest BCUT2D eigenvalue weighted by molar-refractivity contribution is 0.131. The molecule has 0 bridgehead atoms. The number of rotatable bonds is 5. The average Bonchev–Trinajstić information content (AvgIpc) is 2.52. The van der Waals surface area contributed by atoms with Crippen LogP contribution in [0, 0.1) is 0 Å². The quantitative estimate of drug-likeness (QED) is 0.609. The Hall–Kier alpha value is -2.09. The van der Waals surface area contributed by atoms with Crippen LogP contribution in [0.15, 0.2) is 53.5 Å². The zero-order valence-corrected chi connectivity index (χ0v) is 14.8. The maximum absolute atomic E-state index is 5.82. The molecule has 0 saturated carbocycles. The molecule has 0 saturated heterocycles. The minimum absolute atomic E-state index is 0.174. The molecule has 2 nitrogen and oxygen atoms in total. The predicted molar refractivity (Wildman–Crippen MR) is 99.2 cm³/mol. The lowest BCUT2D eigenvalue weighted by Crippen LogP contribution is -2.22. The molecule has 2 heteroatoms. The van der Waals surface area contributed by atoms with Gasteiger partial charge in [-0.3, -0.25) is 4.99 Å². The highest BCUT2D eigenvalue weighted by Gasteiger charge is 2.11. The number of aliphatic imine (C=N–C) groups is 1. The Morgan fingerprint density at radius 1 is 1.00 bits per heavy atom. The maximum Gasteiger partial charge on any atom is 0.120 e. The second-order valence-electron chi connectivity index (χ2n) is 6.94. The molecule has 0 aliphatic heterocycles. The van der Waals surface area contributed by atoms with Crippen LogP contribution in [0.3, 0.4) is 0 Å². The van der Waals surface area contributed by atoms with Crippen molar-refractivity contribution >= 4 is 11.9 Å². The van der Waals surface area contributed by atoms with E-state index in [9.17, 15) is 0 Å². The first kappa shape index (κ1) is 17.3. The van der Waals surface area contributed by atoms with Gasteiger partial charge >= 0.3 is 0 Å². The lowest BCUT2D eigenvalue weighted by Gasteiger charge is -2.21. The van der Waals surface area contributed by atoms with E-state index in [1.807, 2.05) is 51.3 Å².